The zero-order valence-corrected chi connectivity index (χ0v) is 11.0. The quantitative estimate of drug-likeness (QED) is 0.859. The fraction of sp³-hybridized carbons (Fsp3) is 0.0833. The van der Waals surface area contributed by atoms with E-state index in [0.717, 1.165) is 5.69 Å². The SMILES string of the molecule is Cc1cccc(NC(=O)c2nc(Cl)ccc2Cl)n1. The Bertz CT molecular complexity index is 602. The van der Waals surface area contributed by atoms with Gasteiger partial charge in [0.25, 0.3) is 5.91 Å². The third-order valence-corrected chi connectivity index (χ3v) is 2.67. The van der Waals surface area contributed by atoms with E-state index in [-0.39, 0.29) is 15.9 Å². The van der Waals surface area contributed by atoms with Crippen LogP contribution in [0.2, 0.25) is 10.2 Å². The predicted octanol–water partition coefficient (Wildman–Crippen LogP) is 3.34. The third-order valence-electron chi connectivity index (χ3n) is 2.16. The van der Waals surface area contributed by atoms with Gasteiger partial charge in [-0.15, -0.1) is 0 Å². The van der Waals surface area contributed by atoms with Gasteiger partial charge in [-0.05, 0) is 31.2 Å². The minimum absolute atomic E-state index is 0.0764. The normalized spacial score (nSPS) is 10.2. The van der Waals surface area contributed by atoms with Gasteiger partial charge in [0.15, 0.2) is 0 Å². The molecular formula is C12H9Cl2N3O. The average Bonchev–Trinajstić information content (AvgIpc) is 2.32. The number of aryl methyl sites for hydroxylation is 1. The molecule has 0 aliphatic rings. The van der Waals surface area contributed by atoms with Gasteiger partial charge in [-0.25, -0.2) is 9.97 Å². The zero-order valence-electron chi connectivity index (χ0n) is 9.45. The molecule has 1 amide bonds. The second kappa shape index (κ2) is 5.33. The number of hydrogen-bond acceptors (Lipinski definition) is 3. The summed E-state index contributed by atoms with van der Waals surface area (Å²) in [6, 6.07) is 8.36. The summed E-state index contributed by atoms with van der Waals surface area (Å²) in [6.45, 7) is 1.83. The van der Waals surface area contributed by atoms with E-state index in [0.29, 0.717) is 5.82 Å². The number of pyridine rings is 2. The molecule has 0 radical (unpaired) electrons. The Morgan fingerprint density at radius 2 is 1.94 bits per heavy atom. The second-order valence-electron chi connectivity index (χ2n) is 3.58. The molecule has 4 nitrogen and oxygen atoms in total. The molecule has 6 heteroatoms. The Balaban J connectivity index is 2.24. The van der Waals surface area contributed by atoms with E-state index >= 15 is 0 Å². The molecule has 92 valence electrons. The molecule has 18 heavy (non-hydrogen) atoms. The fourth-order valence-electron chi connectivity index (χ4n) is 1.37. The van der Waals surface area contributed by atoms with Crippen LogP contribution < -0.4 is 5.32 Å². The molecule has 0 unspecified atom stereocenters. The van der Waals surface area contributed by atoms with Gasteiger partial charge >= 0.3 is 0 Å². The Morgan fingerprint density at radius 1 is 1.17 bits per heavy atom. The summed E-state index contributed by atoms with van der Waals surface area (Å²) in [5, 5.41) is 3.06. The zero-order chi connectivity index (χ0) is 13.1. The van der Waals surface area contributed by atoms with E-state index in [2.05, 4.69) is 15.3 Å². The maximum Gasteiger partial charge on any atom is 0.277 e. The molecule has 0 atom stereocenters. The molecule has 0 aromatic carbocycles. The monoisotopic (exact) mass is 281 g/mol. The number of nitrogens with one attached hydrogen (secondary N) is 1. The number of halogens is 2. The van der Waals surface area contributed by atoms with Crippen LogP contribution in [0.4, 0.5) is 5.82 Å². The van der Waals surface area contributed by atoms with Gasteiger partial charge in [-0.2, -0.15) is 0 Å². The number of hydrogen-bond donors (Lipinski definition) is 1. The molecule has 2 aromatic heterocycles. The van der Waals surface area contributed by atoms with E-state index in [1.807, 2.05) is 13.0 Å². The summed E-state index contributed by atoms with van der Waals surface area (Å²) in [5.74, 6) is -0.00144. The third kappa shape index (κ3) is 2.97. The van der Waals surface area contributed by atoms with Crippen molar-refractivity contribution in [1.29, 1.82) is 0 Å². The van der Waals surface area contributed by atoms with Crippen LogP contribution in [-0.4, -0.2) is 15.9 Å². The van der Waals surface area contributed by atoms with Crippen molar-refractivity contribution in [1.82, 2.24) is 9.97 Å². The van der Waals surface area contributed by atoms with Crippen molar-refractivity contribution in [3.05, 3.63) is 51.9 Å². The first-order valence-electron chi connectivity index (χ1n) is 5.13. The van der Waals surface area contributed by atoms with Crippen LogP contribution in [0.3, 0.4) is 0 Å². The highest BCUT2D eigenvalue weighted by Gasteiger charge is 2.13. The Hall–Kier alpha value is -1.65. The molecule has 0 bridgehead atoms. The maximum absolute atomic E-state index is 11.9. The number of amides is 1. The van der Waals surface area contributed by atoms with E-state index in [4.69, 9.17) is 23.2 Å². The van der Waals surface area contributed by atoms with Crippen LogP contribution in [0.5, 0.6) is 0 Å². The molecule has 0 aliphatic heterocycles. The van der Waals surface area contributed by atoms with Crippen molar-refractivity contribution in [2.45, 2.75) is 6.92 Å². The number of aromatic nitrogens is 2. The summed E-state index contributed by atoms with van der Waals surface area (Å²) in [7, 11) is 0. The topological polar surface area (TPSA) is 54.9 Å². The smallest absolute Gasteiger partial charge is 0.277 e. The predicted molar refractivity (Wildman–Crippen MR) is 71.2 cm³/mol. The highest BCUT2D eigenvalue weighted by atomic mass is 35.5. The number of nitrogens with zero attached hydrogens (tertiary/aromatic N) is 2. The van der Waals surface area contributed by atoms with Gasteiger partial charge in [-0.3, -0.25) is 4.79 Å². The van der Waals surface area contributed by atoms with Gasteiger partial charge in [0, 0.05) is 5.69 Å². The van der Waals surface area contributed by atoms with Crippen molar-refractivity contribution in [2.75, 3.05) is 5.32 Å². The minimum Gasteiger partial charge on any atom is -0.305 e. The summed E-state index contributed by atoms with van der Waals surface area (Å²) < 4.78 is 0. The molecule has 2 rings (SSSR count). The Morgan fingerprint density at radius 3 is 2.67 bits per heavy atom. The van der Waals surface area contributed by atoms with Crippen molar-refractivity contribution in [3.8, 4) is 0 Å². The molecule has 0 saturated heterocycles. The van der Waals surface area contributed by atoms with Crippen LogP contribution in [0.1, 0.15) is 16.2 Å². The summed E-state index contributed by atoms with van der Waals surface area (Å²) in [6.07, 6.45) is 0. The van der Waals surface area contributed by atoms with Crippen molar-refractivity contribution in [2.24, 2.45) is 0 Å². The molecular weight excluding hydrogens is 273 g/mol. The fourth-order valence-corrected chi connectivity index (χ4v) is 1.70. The van der Waals surface area contributed by atoms with Crippen molar-refractivity contribution in [3.63, 3.8) is 0 Å². The lowest BCUT2D eigenvalue weighted by atomic mass is 10.3. The van der Waals surface area contributed by atoms with E-state index < -0.39 is 5.91 Å². The van der Waals surface area contributed by atoms with Gasteiger partial charge in [0.1, 0.15) is 16.7 Å². The number of carbonyl (C=O) groups is 1. The second-order valence-corrected chi connectivity index (χ2v) is 4.38. The molecule has 1 N–H and O–H groups in total. The van der Waals surface area contributed by atoms with Crippen molar-refractivity contribution < 1.29 is 4.79 Å². The average molecular weight is 282 g/mol. The Labute approximate surface area is 114 Å². The van der Waals surface area contributed by atoms with Crippen LogP contribution in [0.25, 0.3) is 0 Å². The lowest BCUT2D eigenvalue weighted by Crippen LogP contribution is -2.15. The summed E-state index contributed by atoms with van der Waals surface area (Å²) in [5.41, 5.74) is 0.880. The maximum atomic E-state index is 11.9. The number of anilines is 1. The number of rotatable bonds is 2. The minimum atomic E-state index is -0.444. The standard InChI is InChI=1S/C12H9Cl2N3O/c1-7-3-2-4-10(15-7)17-12(18)11-8(13)5-6-9(14)16-11/h2-6H,1H3,(H,15,17,18). The number of carbonyl (C=O) groups excluding carboxylic acids is 1. The van der Waals surface area contributed by atoms with E-state index in [1.54, 1.807) is 12.1 Å². The lowest BCUT2D eigenvalue weighted by molar-refractivity contribution is 0.102. The van der Waals surface area contributed by atoms with Gasteiger partial charge in [-0.1, -0.05) is 29.3 Å². The van der Waals surface area contributed by atoms with Gasteiger partial charge in [0.2, 0.25) is 0 Å². The van der Waals surface area contributed by atoms with Crippen LogP contribution in [-0.2, 0) is 0 Å². The first-order valence-corrected chi connectivity index (χ1v) is 5.89. The molecule has 0 saturated carbocycles. The van der Waals surface area contributed by atoms with Crippen LogP contribution >= 0.6 is 23.2 Å². The first kappa shape index (κ1) is 12.8. The summed E-state index contributed by atoms with van der Waals surface area (Å²) >= 11 is 11.6. The summed E-state index contributed by atoms with van der Waals surface area (Å²) in [4.78, 5) is 20.0. The van der Waals surface area contributed by atoms with Crippen LogP contribution in [0, 0.1) is 6.92 Å². The first-order chi connectivity index (χ1) is 8.56. The largest absolute Gasteiger partial charge is 0.305 e. The highest BCUT2D eigenvalue weighted by Crippen LogP contribution is 2.18. The highest BCUT2D eigenvalue weighted by molar-refractivity contribution is 6.35. The molecule has 2 aromatic rings. The van der Waals surface area contributed by atoms with Gasteiger partial charge in [0.05, 0.1) is 5.02 Å². The van der Waals surface area contributed by atoms with Crippen molar-refractivity contribution >= 4 is 34.9 Å². The molecule has 0 spiro atoms. The molecule has 0 aliphatic carbocycles. The van der Waals surface area contributed by atoms with Crippen LogP contribution in [0.15, 0.2) is 30.3 Å². The van der Waals surface area contributed by atoms with E-state index in [1.165, 1.54) is 12.1 Å². The van der Waals surface area contributed by atoms with Gasteiger partial charge < -0.3 is 5.32 Å². The van der Waals surface area contributed by atoms with E-state index in [9.17, 15) is 4.79 Å². The Kier molecular flexibility index (Phi) is 3.79. The molecule has 0 fully saturated rings. The lowest BCUT2D eigenvalue weighted by Gasteiger charge is -2.06. The molecule has 2 heterocycles.